The van der Waals surface area contributed by atoms with Crippen LogP contribution in [0.2, 0.25) is 5.02 Å². The van der Waals surface area contributed by atoms with E-state index in [2.05, 4.69) is 0 Å². The highest BCUT2D eigenvalue weighted by Gasteiger charge is 2.28. The van der Waals surface area contributed by atoms with Crippen molar-refractivity contribution in [1.29, 1.82) is 0 Å². The minimum absolute atomic E-state index is 0.0909. The summed E-state index contributed by atoms with van der Waals surface area (Å²) in [6.07, 6.45) is -0.314. The monoisotopic (exact) mass is 432 g/mol. The normalized spacial score (nSPS) is 16.6. The molecular formula is C23H26ClFN2O3. The van der Waals surface area contributed by atoms with Crippen molar-refractivity contribution >= 4 is 23.4 Å². The molecule has 0 saturated carbocycles. The van der Waals surface area contributed by atoms with Gasteiger partial charge in [0, 0.05) is 42.3 Å². The first-order valence-corrected chi connectivity index (χ1v) is 10.4. The maximum atomic E-state index is 13.6. The van der Waals surface area contributed by atoms with Crippen LogP contribution in [0.1, 0.15) is 34.6 Å². The summed E-state index contributed by atoms with van der Waals surface area (Å²) < 4.78 is 19.4. The molecule has 1 atom stereocenters. The number of hydrogen-bond donors (Lipinski definition) is 0. The Morgan fingerprint density at radius 2 is 1.93 bits per heavy atom. The number of ether oxygens (including phenoxy) is 1. The highest BCUT2D eigenvalue weighted by molar-refractivity contribution is 6.30. The van der Waals surface area contributed by atoms with Crippen LogP contribution < -0.4 is 0 Å². The predicted molar refractivity (Wildman–Crippen MR) is 114 cm³/mol. The molecule has 0 spiro atoms. The van der Waals surface area contributed by atoms with E-state index in [0.29, 0.717) is 48.9 Å². The summed E-state index contributed by atoms with van der Waals surface area (Å²) in [4.78, 5) is 29.2. The third-order valence-corrected chi connectivity index (χ3v) is 5.14. The van der Waals surface area contributed by atoms with Gasteiger partial charge in [-0.15, -0.1) is 0 Å². The molecule has 0 N–H and O–H groups in total. The summed E-state index contributed by atoms with van der Waals surface area (Å²) in [5.74, 6) is -0.545. The molecule has 1 heterocycles. The zero-order chi connectivity index (χ0) is 21.7. The first kappa shape index (κ1) is 22.2. The molecule has 0 aliphatic carbocycles. The molecule has 1 saturated heterocycles. The van der Waals surface area contributed by atoms with Crippen LogP contribution in [-0.4, -0.2) is 60.5 Å². The van der Waals surface area contributed by atoms with E-state index in [0.717, 1.165) is 0 Å². The van der Waals surface area contributed by atoms with Gasteiger partial charge in [-0.05, 0) is 48.4 Å². The van der Waals surface area contributed by atoms with Crippen LogP contribution in [0.3, 0.4) is 0 Å². The van der Waals surface area contributed by atoms with Crippen molar-refractivity contribution in [2.24, 2.45) is 5.92 Å². The number of carbonyl (C=O) groups excluding carboxylic acids is 2. The Hall–Kier alpha value is -2.44. The molecular weight excluding hydrogens is 407 g/mol. The fourth-order valence-corrected chi connectivity index (χ4v) is 3.65. The summed E-state index contributed by atoms with van der Waals surface area (Å²) in [5.41, 5.74) is 0.871. The molecule has 7 heteroatoms. The zero-order valence-corrected chi connectivity index (χ0v) is 17.9. The molecule has 160 valence electrons. The molecule has 0 aromatic heterocycles. The standard InChI is InChI=1S/C23H26ClFN2O3/c1-16(2)13-27(23(29)18-4-3-5-20(25)12-18)15-21-14-26(10-11-30-21)22(28)17-6-8-19(24)9-7-17/h3-9,12,16,21H,10-11,13-15H2,1-2H3. The van der Waals surface area contributed by atoms with E-state index < -0.39 is 5.82 Å². The van der Waals surface area contributed by atoms with Gasteiger partial charge in [0.2, 0.25) is 0 Å². The molecule has 2 aromatic carbocycles. The molecule has 0 bridgehead atoms. The first-order chi connectivity index (χ1) is 14.3. The van der Waals surface area contributed by atoms with Crippen molar-refractivity contribution in [3.05, 3.63) is 70.5 Å². The summed E-state index contributed by atoms with van der Waals surface area (Å²) in [6, 6.07) is 12.5. The van der Waals surface area contributed by atoms with E-state index in [1.54, 1.807) is 40.1 Å². The van der Waals surface area contributed by atoms with Gasteiger partial charge >= 0.3 is 0 Å². The second-order valence-corrected chi connectivity index (χ2v) is 8.30. The average Bonchev–Trinajstić information content (AvgIpc) is 2.72. The molecule has 1 unspecified atom stereocenters. The number of hydrogen-bond acceptors (Lipinski definition) is 3. The predicted octanol–water partition coefficient (Wildman–Crippen LogP) is 4.12. The number of benzene rings is 2. The molecule has 30 heavy (non-hydrogen) atoms. The number of rotatable bonds is 6. The van der Waals surface area contributed by atoms with Gasteiger partial charge < -0.3 is 14.5 Å². The van der Waals surface area contributed by atoms with E-state index in [1.165, 1.54) is 18.2 Å². The molecule has 2 aromatic rings. The van der Waals surface area contributed by atoms with Crippen molar-refractivity contribution < 1.29 is 18.7 Å². The van der Waals surface area contributed by atoms with Gasteiger partial charge in [-0.2, -0.15) is 0 Å². The van der Waals surface area contributed by atoms with E-state index in [1.807, 2.05) is 13.8 Å². The molecule has 1 aliphatic rings. The smallest absolute Gasteiger partial charge is 0.254 e. The Morgan fingerprint density at radius 3 is 2.60 bits per heavy atom. The Morgan fingerprint density at radius 1 is 1.20 bits per heavy atom. The van der Waals surface area contributed by atoms with Crippen molar-refractivity contribution in [2.75, 3.05) is 32.8 Å². The van der Waals surface area contributed by atoms with Crippen molar-refractivity contribution in [1.82, 2.24) is 9.80 Å². The number of carbonyl (C=O) groups is 2. The summed E-state index contributed by atoms with van der Waals surface area (Å²) in [7, 11) is 0. The van der Waals surface area contributed by atoms with Crippen LogP contribution >= 0.6 is 11.6 Å². The minimum atomic E-state index is -0.445. The van der Waals surface area contributed by atoms with Gasteiger partial charge in [0.1, 0.15) is 5.82 Å². The van der Waals surface area contributed by atoms with Crippen LogP contribution in [0.15, 0.2) is 48.5 Å². The van der Waals surface area contributed by atoms with Crippen molar-refractivity contribution in [2.45, 2.75) is 20.0 Å². The number of morpholine rings is 1. The van der Waals surface area contributed by atoms with Gasteiger partial charge in [-0.3, -0.25) is 9.59 Å². The first-order valence-electron chi connectivity index (χ1n) is 10.0. The molecule has 1 fully saturated rings. The number of amides is 2. The second-order valence-electron chi connectivity index (χ2n) is 7.87. The third-order valence-electron chi connectivity index (χ3n) is 4.89. The van der Waals surface area contributed by atoms with Gasteiger partial charge in [0.05, 0.1) is 12.7 Å². The van der Waals surface area contributed by atoms with E-state index in [9.17, 15) is 14.0 Å². The largest absolute Gasteiger partial charge is 0.373 e. The Kier molecular flexibility index (Phi) is 7.45. The lowest BCUT2D eigenvalue weighted by molar-refractivity contribution is -0.0340. The minimum Gasteiger partial charge on any atom is -0.373 e. The Labute approximate surface area is 181 Å². The lowest BCUT2D eigenvalue weighted by Gasteiger charge is -2.36. The highest BCUT2D eigenvalue weighted by Crippen LogP contribution is 2.16. The molecule has 1 aliphatic heterocycles. The van der Waals surface area contributed by atoms with Crippen LogP contribution in [0, 0.1) is 11.7 Å². The molecule has 3 rings (SSSR count). The average molecular weight is 433 g/mol. The van der Waals surface area contributed by atoms with Crippen molar-refractivity contribution in [3.63, 3.8) is 0 Å². The number of halogens is 2. The Balaban J connectivity index is 1.70. The number of nitrogens with zero attached hydrogens (tertiary/aromatic N) is 2. The zero-order valence-electron chi connectivity index (χ0n) is 17.2. The van der Waals surface area contributed by atoms with Crippen LogP contribution in [0.4, 0.5) is 4.39 Å². The van der Waals surface area contributed by atoms with E-state index >= 15 is 0 Å². The fourth-order valence-electron chi connectivity index (χ4n) is 3.52. The van der Waals surface area contributed by atoms with Crippen LogP contribution in [0.25, 0.3) is 0 Å². The van der Waals surface area contributed by atoms with E-state index in [4.69, 9.17) is 16.3 Å². The lowest BCUT2D eigenvalue weighted by Crippen LogP contribution is -2.51. The molecule has 2 amide bonds. The van der Waals surface area contributed by atoms with Gasteiger partial charge in [0.25, 0.3) is 11.8 Å². The van der Waals surface area contributed by atoms with Crippen molar-refractivity contribution in [3.8, 4) is 0 Å². The highest BCUT2D eigenvalue weighted by atomic mass is 35.5. The quantitative estimate of drug-likeness (QED) is 0.690. The Bertz CT molecular complexity index is 888. The van der Waals surface area contributed by atoms with Crippen LogP contribution in [0.5, 0.6) is 0 Å². The fraction of sp³-hybridized carbons (Fsp3) is 0.391. The topological polar surface area (TPSA) is 49.9 Å². The van der Waals surface area contributed by atoms with E-state index in [-0.39, 0.29) is 23.8 Å². The lowest BCUT2D eigenvalue weighted by atomic mass is 10.1. The SMILES string of the molecule is CC(C)CN(CC1CN(C(=O)c2ccc(Cl)cc2)CCO1)C(=O)c1cccc(F)c1. The summed E-state index contributed by atoms with van der Waals surface area (Å²) >= 11 is 5.91. The second kappa shape index (κ2) is 10.0. The van der Waals surface area contributed by atoms with Gasteiger partial charge in [-0.1, -0.05) is 31.5 Å². The van der Waals surface area contributed by atoms with Crippen LogP contribution in [-0.2, 0) is 4.74 Å². The summed E-state index contributed by atoms with van der Waals surface area (Å²) in [5, 5.41) is 0.576. The molecule has 0 radical (unpaired) electrons. The maximum Gasteiger partial charge on any atom is 0.254 e. The van der Waals surface area contributed by atoms with Gasteiger partial charge in [0.15, 0.2) is 0 Å². The third kappa shape index (κ3) is 5.80. The molecule has 5 nitrogen and oxygen atoms in total. The van der Waals surface area contributed by atoms with Gasteiger partial charge in [-0.25, -0.2) is 4.39 Å². The summed E-state index contributed by atoms with van der Waals surface area (Å²) in [6.45, 7) is 6.15. The maximum absolute atomic E-state index is 13.6.